The molecule has 0 heterocycles. The lowest BCUT2D eigenvalue weighted by atomic mass is 10.0. The van der Waals surface area contributed by atoms with E-state index in [1.165, 1.54) is 95.6 Å². The highest BCUT2D eigenvalue weighted by Gasteiger charge is 2.42. The molecule has 1 radical (unpaired) electrons. The highest BCUT2D eigenvalue weighted by Crippen LogP contribution is 2.39. The second kappa shape index (κ2) is 20.2. The molecule has 0 fully saturated rings. The monoisotopic (exact) mass is 627 g/mol. The molecule has 0 atom stereocenters. The topological polar surface area (TPSA) is 18.5 Å². The maximum atomic E-state index is 15.2. The third kappa shape index (κ3) is 13.1. The van der Waals surface area contributed by atoms with E-state index in [2.05, 4.69) is 19.9 Å². The molecule has 0 unspecified atom stereocenters. The van der Waals surface area contributed by atoms with Gasteiger partial charge in [-0.3, -0.25) is 0 Å². The third-order valence-corrected chi connectivity index (χ3v) is 8.23. The fraction of sp³-hybridized carbons (Fsp3) is 0.538. The third-order valence-electron chi connectivity index (χ3n) is 8.23. The van der Waals surface area contributed by atoms with Gasteiger partial charge in [0.2, 0.25) is 0 Å². The van der Waals surface area contributed by atoms with Crippen LogP contribution in [0.5, 0.6) is 17.2 Å². The van der Waals surface area contributed by atoms with Crippen molar-refractivity contribution in [2.45, 2.75) is 136 Å². The van der Waals surface area contributed by atoms with Crippen LogP contribution < -0.4 is 9.47 Å². The molecule has 0 saturated carbocycles. The van der Waals surface area contributed by atoms with Gasteiger partial charge in [0.15, 0.2) is 11.6 Å². The molecule has 6 heteroatoms. The summed E-state index contributed by atoms with van der Waals surface area (Å²) in [5.41, 5.74) is 0.606. The van der Waals surface area contributed by atoms with Crippen molar-refractivity contribution in [2.24, 2.45) is 0 Å². The molecule has 0 spiro atoms. The number of ether oxygens (including phenoxy) is 2. The summed E-state index contributed by atoms with van der Waals surface area (Å²) in [5, 5.41) is 0. The fourth-order valence-electron chi connectivity index (χ4n) is 5.52. The van der Waals surface area contributed by atoms with Crippen LogP contribution in [0, 0.1) is 17.7 Å². The van der Waals surface area contributed by atoms with Gasteiger partial charge in [0, 0.05) is 6.07 Å². The largest absolute Gasteiger partial charge is 0.454 e. The van der Waals surface area contributed by atoms with Crippen molar-refractivity contribution in [1.29, 1.82) is 0 Å². The highest BCUT2D eigenvalue weighted by atomic mass is 19.3. The van der Waals surface area contributed by atoms with Gasteiger partial charge in [0.05, 0.1) is 0 Å². The van der Waals surface area contributed by atoms with Crippen LogP contribution in [0.2, 0.25) is 0 Å². The standard InChI is InChI=1S/C39H51F4O2/c1-3-5-7-9-11-13-15-17-19-31-21-25-33(26-22-31)44-36-30-29-35(40)37(38(36)41)39(42,43)45-34-27-23-32(24-28-34)20-18-16-14-12-10-8-6-4-2/h21-29H,3-20H2,1-2H3. The van der Waals surface area contributed by atoms with E-state index in [0.717, 1.165) is 43.2 Å². The number of rotatable bonds is 23. The van der Waals surface area contributed by atoms with Crippen molar-refractivity contribution in [3.63, 3.8) is 0 Å². The van der Waals surface area contributed by atoms with Gasteiger partial charge < -0.3 is 9.47 Å². The molecular formula is C39H51F4O2. The molecule has 0 bridgehead atoms. The predicted molar refractivity (Wildman–Crippen MR) is 175 cm³/mol. The molecule has 45 heavy (non-hydrogen) atoms. The first-order chi connectivity index (χ1) is 21.8. The fourth-order valence-corrected chi connectivity index (χ4v) is 5.52. The molecule has 247 valence electrons. The molecule has 0 aromatic heterocycles. The van der Waals surface area contributed by atoms with Crippen molar-refractivity contribution in [3.05, 3.63) is 89.0 Å². The molecule has 0 amide bonds. The Kier molecular flexibility index (Phi) is 16.3. The van der Waals surface area contributed by atoms with Crippen molar-refractivity contribution >= 4 is 0 Å². The first-order valence-electron chi connectivity index (χ1n) is 17.2. The van der Waals surface area contributed by atoms with Gasteiger partial charge >= 0.3 is 6.11 Å². The van der Waals surface area contributed by atoms with Gasteiger partial charge in [-0.1, -0.05) is 128 Å². The van der Waals surface area contributed by atoms with Crippen molar-refractivity contribution in [1.82, 2.24) is 0 Å². The number of hydrogen-bond acceptors (Lipinski definition) is 2. The molecule has 0 N–H and O–H groups in total. The molecule has 0 aliphatic carbocycles. The Morgan fingerprint density at radius 2 is 1.00 bits per heavy atom. The predicted octanol–water partition coefficient (Wildman–Crippen LogP) is 13.1. The summed E-state index contributed by atoms with van der Waals surface area (Å²) >= 11 is 0. The van der Waals surface area contributed by atoms with Gasteiger partial charge in [-0.2, -0.15) is 8.78 Å². The zero-order valence-corrected chi connectivity index (χ0v) is 27.3. The van der Waals surface area contributed by atoms with E-state index in [1.54, 1.807) is 24.3 Å². The lowest BCUT2D eigenvalue weighted by molar-refractivity contribution is -0.189. The minimum Gasteiger partial charge on any atom is -0.454 e. The zero-order valence-electron chi connectivity index (χ0n) is 27.3. The molecule has 0 aliphatic rings. The summed E-state index contributed by atoms with van der Waals surface area (Å²) < 4.78 is 70.3. The van der Waals surface area contributed by atoms with Crippen molar-refractivity contribution in [2.75, 3.05) is 0 Å². The van der Waals surface area contributed by atoms with E-state index in [4.69, 9.17) is 9.47 Å². The molecule has 3 aromatic carbocycles. The van der Waals surface area contributed by atoms with E-state index >= 15 is 13.2 Å². The Bertz CT molecular complexity index is 1230. The van der Waals surface area contributed by atoms with Crippen LogP contribution >= 0.6 is 0 Å². The lowest BCUT2D eigenvalue weighted by Gasteiger charge is -2.20. The quantitative estimate of drug-likeness (QED) is 0.0769. The number of hydrogen-bond donors (Lipinski definition) is 0. The number of unbranched alkanes of at least 4 members (excludes halogenated alkanes) is 14. The number of halogens is 4. The van der Waals surface area contributed by atoms with Crippen LogP contribution in [0.3, 0.4) is 0 Å². The SMILES string of the molecule is CCCCCCCCCCc1ccc(Oc2[c]cc(F)c(C(F)(F)Oc3ccc(CCCCCCCCCC)cc3)c2F)cc1. The summed E-state index contributed by atoms with van der Waals surface area (Å²) in [4.78, 5) is 0. The summed E-state index contributed by atoms with van der Waals surface area (Å²) in [6.07, 6.45) is 17.1. The Morgan fingerprint density at radius 1 is 0.578 bits per heavy atom. The van der Waals surface area contributed by atoms with E-state index in [1.807, 2.05) is 12.1 Å². The molecule has 3 aromatic rings. The summed E-state index contributed by atoms with van der Waals surface area (Å²) in [6.45, 7) is 4.42. The van der Waals surface area contributed by atoms with Crippen LogP contribution in [-0.2, 0) is 19.0 Å². The Morgan fingerprint density at radius 3 is 1.47 bits per heavy atom. The van der Waals surface area contributed by atoms with Crippen molar-refractivity contribution < 1.29 is 27.0 Å². The molecular weight excluding hydrogens is 576 g/mol. The van der Waals surface area contributed by atoms with Gasteiger partial charge in [0.1, 0.15) is 22.9 Å². The first kappa shape index (κ1) is 36.4. The van der Waals surface area contributed by atoms with E-state index < -0.39 is 29.1 Å². The summed E-state index contributed by atoms with van der Waals surface area (Å²) in [5.74, 6) is -3.56. The van der Waals surface area contributed by atoms with Gasteiger partial charge in [-0.25, -0.2) is 8.78 Å². The molecule has 3 rings (SSSR count). The molecule has 0 saturated heterocycles. The Hall–Kier alpha value is -3.02. The average molecular weight is 628 g/mol. The van der Waals surface area contributed by atoms with E-state index in [-0.39, 0.29) is 11.5 Å². The van der Waals surface area contributed by atoms with Gasteiger partial charge in [-0.15, -0.1) is 0 Å². The van der Waals surface area contributed by atoms with Crippen LogP contribution in [-0.4, -0.2) is 0 Å². The maximum absolute atomic E-state index is 15.2. The lowest BCUT2D eigenvalue weighted by Crippen LogP contribution is -2.25. The van der Waals surface area contributed by atoms with Crippen molar-refractivity contribution in [3.8, 4) is 17.2 Å². The van der Waals surface area contributed by atoms with Gasteiger partial charge in [0.25, 0.3) is 0 Å². The smallest absolute Gasteiger partial charge is 0.432 e. The Labute approximate surface area is 268 Å². The van der Waals surface area contributed by atoms with Gasteiger partial charge in [-0.05, 0) is 67.1 Å². The van der Waals surface area contributed by atoms with Crippen LogP contribution in [0.1, 0.15) is 133 Å². The minimum absolute atomic E-state index is 0.180. The minimum atomic E-state index is -4.26. The number of benzene rings is 3. The normalized spacial score (nSPS) is 11.6. The van der Waals surface area contributed by atoms with E-state index in [0.29, 0.717) is 6.07 Å². The van der Waals surface area contributed by atoms with Crippen LogP contribution in [0.4, 0.5) is 17.6 Å². The van der Waals surface area contributed by atoms with E-state index in [9.17, 15) is 4.39 Å². The average Bonchev–Trinajstić information content (AvgIpc) is 3.02. The zero-order chi connectivity index (χ0) is 32.3. The number of alkyl halides is 2. The maximum Gasteiger partial charge on any atom is 0.432 e. The Balaban J connectivity index is 1.50. The van der Waals surface area contributed by atoms with Crippen LogP contribution in [0.15, 0.2) is 54.6 Å². The highest BCUT2D eigenvalue weighted by molar-refractivity contribution is 5.38. The summed E-state index contributed by atoms with van der Waals surface area (Å²) in [6, 6.07) is 16.2. The summed E-state index contributed by atoms with van der Waals surface area (Å²) in [7, 11) is 0. The second-order valence-electron chi connectivity index (χ2n) is 12.1. The molecule has 0 aliphatic heterocycles. The number of aryl methyl sites for hydroxylation is 2. The second-order valence-corrected chi connectivity index (χ2v) is 12.1. The first-order valence-corrected chi connectivity index (χ1v) is 17.2. The van der Waals surface area contributed by atoms with Crippen LogP contribution in [0.25, 0.3) is 0 Å². The molecule has 2 nitrogen and oxygen atoms in total.